The van der Waals surface area contributed by atoms with Crippen LogP contribution in [0.4, 0.5) is 0 Å². The molecule has 1 rings (SSSR count). The van der Waals surface area contributed by atoms with E-state index in [-0.39, 0.29) is 12.2 Å². The number of hydrogen-bond donors (Lipinski definition) is 1. The number of carboxylic acid groups (broad SMARTS) is 1. The van der Waals surface area contributed by atoms with Gasteiger partial charge in [0, 0.05) is 17.1 Å². The Morgan fingerprint density at radius 1 is 1.47 bits per heavy atom. The second kappa shape index (κ2) is 5.04. The predicted octanol–water partition coefficient (Wildman–Crippen LogP) is 1.86. The summed E-state index contributed by atoms with van der Waals surface area (Å²) in [6, 6.07) is 5.00. The second-order valence-corrected chi connectivity index (χ2v) is 3.70. The summed E-state index contributed by atoms with van der Waals surface area (Å²) in [5.74, 6) is -2.41. The monoisotopic (exact) mass is 272 g/mol. The van der Waals surface area contributed by atoms with Crippen molar-refractivity contribution >= 4 is 27.7 Å². The average Bonchev–Trinajstić information content (AvgIpc) is 2.17. The molecule has 0 heterocycles. The topological polar surface area (TPSA) is 63.6 Å². The number of rotatable bonds is 4. The Labute approximate surface area is 95.0 Å². The van der Waals surface area contributed by atoms with E-state index in [1.54, 1.807) is 18.2 Å². The van der Waals surface area contributed by atoms with Crippen molar-refractivity contribution in [3.05, 3.63) is 33.8 Å². The van der Waals surface area contributed by atoms with Crippen LogP contribution in [0.2, 0.25) is 0 Å². The summed E-state index contributed by atoms with van der Waals surface area (Å²) < 4.78 is 5.35. The van der Waals surface area contributed by atoms with Gasteiger partial charge in [-0.15, -0.1) is 0 Å². The molecule has 0 aromatic heterocycles. The number of aliphatic carboxylic acids is 1. The van der Waals surface area contributed by atoms with E-state index in [9.17, 15) is 9.59 Å². The molecule has 0 spiro atoms. The van der Waals surface area contributed by atoms with Gasteiger partial charge in [-0.05, 0) is 11.6 Å². The smallest absolute Gasteiger partial charge is 0.377 e. The third-order valence-electron chi connectivity index (χ3n) is 1.82. The number of hydrogen-bond acceptors (Lipinski definition) is 3. The van der Waals surface area contributed by atoms with Crippen LogP contribution in [0.1, 0.15) is 15.9 Å². The molecule has 0 aliphatic rings. The van der Waals surface area contributed by atoms with Crippen LogP contribution in [0.5, 0.6) is 0 Å². The fraction of sp³-hybridized carbons (Fsp3) is 0.200. The van der Waals surface area contributed by atoms with Crippen molar-refractivity contribution in [2.75, 3.05) is 7.11 Å². The Hall–Kier alpha value is -1.20. The largest absolute Gasteiger partial charge is 0.475 e. The van der Waals surface area contributed by atoms with Crippen molar-refractivity contribution in [2.24, 2.45) is 0 Å². The van der Waals surface area contributed by atoms with Crippen molar-refractivity contribution in [3.8, 4) is 0 Å². The first-order valence-electron chi connectivity index (χ1n) is 4.12. The summed E-state index contributed by atoms with van der Waals surface area (Å²) in [4.78, 5) is 22.0. The van der Waals surface area contributed by atoms with Crippen molar-refractivity contribution in [1.82, 2.24) is 0 Å². The summed E-state index contributed by atoms with van der Waals surface area (Å²) in [6.07, 6.45) is 0. The summed E-state index contributed by atoms with van der Waals surface area (Å²) in [6.45, 7) is 0.202. The molecule has 0 fully saturated rings. The van der Waals surface area contributed by atoms with Crippen LogP contribution in [0.3, 0.4) is 0 Å². The average molecular weight is 273 g/mol. The molecule has 0 amide bonds. The molecule has 0 bridgehead atoms. The van der Waals surface area contributed by atoms with Gasteiger partial charge in [-0.2, -0.15) is 0 Å². The molecular formula is C10H9BrO4. The van der Waals surface area contributed by atoms with E-state index < -0.39 is 11.8 Å². The maximum atomic E-state index is 11.4. The van der Waals surface area contributed by atoms with Crippen molar-refractivity contribution in [3.63, 3.8) is 0 Å². The highest BCUT2D eigenvalue weighted by Crippen LogP contribution is 2.22. The molecule has 80 valence electrons. The Morgan fingerprint density at radius 3 is 2.67 bits per heavy atom. The van der Waals surface area contributed by atoms with E-state index in [2.05, 4.69) is 15.9 Å². The van der Waals surface area contributed by atoms with E-state index in [4.69, 9.17) is 9.84 Å². The molecule has 0 aliphatic carbocycles. The van der Waals surface area contributed by atoms with Crippen LogP contribution in [0.25, 0.3) is 0 Å². The summed E-state index contributed by atoms with van der Waals surface area (Å²) in [7, 11) is 1.48. The van der Waals surface area contributed by atoms with Crippen LogP contribution >= 0.6 is 15.9 Å². The van der Waals surface area contributed by atoms with E-state index in [1.165, 1.54) is 7.11 Å². The zero-order valence-corrected chi connectivity index (χ0v) is 9.58. The third kappa shape index (κ3) is 2.64. The van der Waals surface area contributed by atoms with E-state index in [0.717, 1.165) is 0 Å². The first-order chi connectivity index (χ1) is 7.07. The number of Topliss-reactive ketones (excluding diaryl/α,β-unsaturated/α-hetero) is 1. The van der Waals surface area contributed by atoms with Crippen LogP contribution in [-0.2, 0) is 16.1 Å². The van der Waals surface area contributed by atoms with E-state index >= 15 is 0 Å². The maximum absolute atomic E-state index is 11.4. The molecule has 1 N–H and O–H groups in total. The van der Waals surface area contributed by atoms with Crippen LogP contribution in [-0.4, -0.2) is 24.0 Å². The maximum Gasteiger partial charge on any atom is 0.377 e. The fourth-order valence-electron chi connectivity index (χ4n) is 1.21. The lowest BCUT2D eigenvalue weighted by molar-refractivity contribution is -0.131. The number of benzene rings is 1. The second-order valence-electron chi connectivity index (χ2n) is 2.84. The first-order valence-corrected chi connectivity index (χ1v) is 4.91. The minimum Gasteiger partial charge on any atom is -0.475 e. The highest BCUT2D eigenvalue weighted by molar-refractivity contribution is 9.10. The van der Waals surface area contributed by atoms with Gasteiger partial charge in [0.05, 0.1) is 6.61 Å². The van der Waals surface area contributed by atoms with E-state index in [1.807, 2.05) is 0 Å². The van der Waals surface area contributed by atoms with Crippen molar-refractivity contribution < 1.29 is 19.4 Å². The number of carbonyl (C=O) groups is 2. The molecule has 1 aromatic rings. The molecule has 15 heavy (non-hydrogen) atoms. The number of halogens is 1. The van der Waals surface area contributed by atoms with Crippen molar-refractivity contribution in [2.45, 2.75) is 6.61 Å². The summed E-state index contributed by atoms with van der Waals surface area (Å²) in [5.41, 5.74) is 0.700. The molecule has 5 heteroatoms. The van der Waals surface area contributed by atoms with Gasteiger partial charge in [-0.25, -0.2) is 4.79 Å². The molecule has 0 aliphatic heterocycles. The standard InChI is InChI=1S/C10H9BrO4/c1-15-5-6-3-2-4-7(11)8(6)9(12)10(13)14/h2-4H,5H2,1H3,(H,13,14). The minimum absolute atomic E-state index is 0.145. The Balaban J connectivity index is 3.24. The van der Waals surface area contributed by atoms with Crippen molar-refractivity contribution in [1.29, 1.82) is 0 Å². The third-order valence-corrected chi connectivity index (χ3v) is 2.48. The van der Waals surface area contributed by atoms with Crippen LogP contribution < -0.4 is 0 Å². The molecule has 0 radical (unpaired) electrons. The lowest BCUT2D eigenvalue weighted by Gasteiger charge is -2.07. The quantitative estimate of drug-likeness (QED) is 0.671. The lowest BCUT2D eigenvalue weighted by atomic mass is 10.0. The normalized spacial score (nSPS) is 10.0. The Bertz CT molecular complexity index is 400. The highest BCUT2D eigenvalue weighted by Gasteiger charge is 2.20. The molecule has 0 saturated carbocycles. The molecule has 4 nitrogen and oxygen atoms in total. The van der Waals surface area contributed by atoms with Gasteiger partial charge < -0.3 is 9.84 Å². The van der Waals surface area contributed by atoms with Gasteiger partial charge >= 0.3 is 5.97 Å². The Kier molecular flexibility index (Phi) is 3.99. The highest BCUT2D eigenvalue weighted by atomic mass is 79.9. The summed E-state index contributed by atoms with van der Waals surface area (Å²) >= 11 is 3.15. The molecule has 0 saturated heterocycles. The van der Waals surface area contributed by atoms with Crippen LogP contribution in [0, 0.1) is 0 Å². The SMILES string of the molecule is COCc1cccc(Br)c1C(=O)C(=O)O. The first kappa shape index (κ1) is 11.9. The zero-order chi connectivity index (χ0) is 11.4. The number of carbonyl (C=O) groups excluding carboxylic acids is 1. The molecule has 0 unspecified atom stereocenters. The summed E-state index contributed by atoms with van der Waals surface area (Å²) in [5, 5.41) is 8.64. The van der Waals surface area contributed by atoms with Gasteiger partial charge in [0.1, 0.15) is 0 Å². The van der Waals surface area contributed by atoms with Crippen LogP contribution in [0.15, 0.2) is 22.7 Å². The number of ketones is 1. The van der Waals surface area contributed by atoms with Gasteiger partial charge in [-0.3, -0.25) is 4.79 Å². The Morgan fingerprint density at radius 2 is 2.13 bits per heavy atom. The zero-order valence-electron chi connectivity index (χ0n) is 7.99. The predicted molar refractivity (Wildman–Crippen MR) is 56.8 cm³/mol. The number of methoxy groups -OCH3 is 1. The molecule has 0 atom stereocenters. The van der Waals surface area contributed by atoms with Gasteiger partial charge in [0.15, 0.2) is 0 Å². The number of ether oxygens (including phenoxy) is 1. The van der Waals surface area contributed by atoms with Gasteiger partial charge in [0.25, 0.3) is 5.78 Å². The van der Waals surface area contributed by atoms with Gasteiger partial charge in [0.2, 0.25) is 0 Å². The fourth-order valence-corrected chi connectivity index (χ4v) is 1.79. The number of carboxylic acids is 1. The van der Waals surface area contributed by atoms with E-state index in [0.29, 0.717) is 10.0 Å². The minimum atomic E-state index is -1.47. The molecular weight excluding hydrogens is 264 g/mol. The lowest BCUT2D eigenvalue weighted by Crippen LogP contribution is -2.16. The van der Waals surface area contributed by atoms with Gasteiger partial charge in [-0.1, -0.05) is 28.1 Å². The molecule has 1 aromatic carbocycles.